The maximum atomic E-state index is 14.1. The fourth-order valence-corrected chi connectivity index (χ4v) is 2.30. The summed E-state index contributed by atoms with van der Waals surface area (Å²) in [5.41, 5.74) is 8.51. The van der Waals surface area contributed by atoms with Crippen LogP contribution in [0.3, 0.4) is 0 Å². The molecule has 1 heterocycles. The smallest absolute Gasteiger partial charge is 0.187 e. The van der Waals surface area contributed by atoms with E-state index in [2.05, 4.69) is 31.5 Å². The summed E-state index contributed by atoms with van der Waals surface area (Å²) in [5, 5.41) is 11.5. The van der Waals surface area contributed by atoms with Crippen molar-refractivity contribution in [2.45, 2.75) is 6.92 Å². The minimum atomic E-state index is -0.419. The van der Waals surface area contributed by atoms with E-state index in [1.165, 1.54) is 10.7 Å². The Bertz CT molecular complexity index is 815. The number of hydrogen-bond acceptors (Lipinski definition) is 4. The molecule has 2 aromatic carbocycles. The molecule has 106 valence electrons. The van der Waals surface area contributed by atoms with Gasteiger partial charge in [0, 0.05) is 15.7 Å². The Labute approximate surface area is 128 Å². The highest BCUT2D eigenvalue weighted by atomic mass is 79.9. The second-order valence-corrected chi connectivity index (χ2v) is 5.50. The van der Waals surface area contributed by atoms with Gasteiger partial charge in [-0.3, -0.25) is 0 Å². The molecule has 0 atom stereocenters. The van der Waals surface area contributed by atoms with E-state index in [4.69, 9.17) is 5.73 Å². The summed E-state index contributed by atoms with van der Waals surface area (Å²) in [5.74, 6) is 0.0148. The van der Waals surface area contributed by atoms with Crippen LogP contribution in [0.15, 0.2) is 40.9 Å². The average molecular weight is 348 g/mol. The molecule has 0 amide bonds. The Kier molecular flexibility index (Phi) is 3.42. The fourth-order valence-electron chi connectivity index (χ4n) is 1.96. The van der Waals surface area contributed by atoms with Crippen molar-refractivity contribution in [2.75, 3.05) is 5.73 Å². The van der Waals surface area contributed by atoms with Crippen LogP contribution in [0.5, 0.6) is 0 Å². The Morgan fingerprint density at radius 1 is 1.19 bits per heavy atom. The second kappa shape index (κ2) is 5.25. The Balaban J connectivity index is 2.14. The first-order chi connectivity index (χ1) is 10.1. The highest BCUT2D eigenvalue weighted by Gasteiger charge is 2.14. The molecule has 1 aromatic heterocycles. The number of aryl methyl sites for hydroxylation is 1. The zero-order valence-corrected chi connectivity index (χ0v) is 12.7. The summed E-state index contributed by atoms with van der Waals surface area (Å²) < 4.78 is 16.1. The predicted molar refractivity (Wildman–Crippen MR) is 81.4 cm³/mol. The van der Waals surface area contributed by atoms with Crippen LogP contribution in [-0.2, 0) is 0 Å². The van der Waals surface area contributed by atoms with Gasteiger partial charge >= 0.3 is 0 Å². The summed E-state index contributed by atoms with van der Waals surface area (Å²) in [6.07, 6.45) is 0. The molecular weight excluding hydrogens is 337 g/mol. The highest BCUT2D eigenvalue weighted by Crippen LogP contribution is 2.25. The summed E-state index contributed by atoms with van der Waals surface area (Å²) in [7, 11) is 0. The van der Waals surface area contributed by atoms with Gasteiger partial charge in [0.1, 0.15) is 11.5 Å². The largest absolute Gasteiger partial charge is 0.398 e. The van der Waals surface area contributed by atoms with E-state index in [0.29, 0.717) is 16.0 Å². The lowest BCUT2D eigenvalue weighted by molar-refractivity contribution is 0.607. The number of anilines is 1. The first-order valence-electron chi connectivity index (χ1n) is 6.16. The van der Waals surface area contributed by atoms with Crippen LogP contribution in [-0.4, -0.2) is 20.2 Å². The monoisotopic (exact) mass is 347 g/mol. The summed E-state index contributed by atoms with van der Waals surface area (Å²) >= 11 is 3.22. The number of tetrazole rings is 1. The van der Waals surface area contributed by atoms with E-state index in [0.717, 1.165) is 11.1 Å². The van der Waals surface area contributed by atoms with E-state index in [1.807, 2.05) is 19.1 Å². The Hall–Kier alpha value is -2.28. The van der Waals surface area contributed by atoms with Crippen molar-refractivity contribution in [3.63, 3.8) is 0 Å². The number of aromatic nitrogens is 4. The average Bonchev–Trinajstić information content (AvgIpc) is 2.91. The van der Waals surface area contributed by atoms with Gasteiger partial charge in [-0.2, -0.15) is 4.68 Å². The van der Waals surface area contributed by atoms with Crippen LogP contribution in [0.1, 0.15) is 5.56 Å². The molecule has 0 aliphatic heterocycles. The van der Waals surface area contributed by atoms with Crippen molar-refractivity contribution in [3.05, 3.63) is 52.3 Å². The summed E-state index contributed by atoms with van der Waals surface area (Å²) in [4.78, 5) is 0. The van der Waals surface area contributed by atoms with E-state index in [-0.39, 0.29) is 5.69 Å². The molecule has 0 aliphatic rings. The van der Waals surface area contributed by atoms with E-state index in [9.17, 15) is 4.39 Å². The third-order valence-electron chi connectivity index (χ3n) is 3.14. The maximum absolute atomic E-state index is 14.1. The minimum absolute atomic E-state index is 0.275. The van der Waals surface area contributed by atoms with Gasteiger partial charge in [-0.15, -0.1) is 5.10 Å². The third-order valence-corrected chi connectivity index (χ3v) is 3.64. The van der Waals surface area contributed by atoms with Crippen molar-refractivity contribution in [2.24, 2.45) is 0 Å². The molecule has 21 heavy (non-hydrogen) atoms. The van der Waals surface area contributed by atoms with E-state index < -0.39 is 5.82 Å². The number of nitrogens with zero attached hydrogens (tertiary/aromatic N) is 4. The fraction of sp³-hybridized carbons (Fsp3) is 0.0714. The van der Waals surface area contributed by atoms with Crippen LogP contribution in [0.25, 0.3) is 17.1 Å². The van der Waals surface area contributed by atoms with Crippen molar-refractivity contribution < 1.29 is 4.39 Å². The van der Waals surface area contributed by atoms with Gasteiger partial charge in [-0.1, -0.05) is 28.1 Å². The lowest BCUT2D eigenvalue weighted by atomic mass is 10.1. The number of hydrogen-bond donors (Lipinski definition) is 1. The molecule has 0 saturated heterocycles. The quantitative estimate of drug-likeness (QED) is 0.723. The van der Waals surface area contributed by atoms with E-state index >= 15 is 0 Å². The zero-order valence-electron chi connectivity index (χ0n) is 11.1. The third kappa shape index (κ3) is 2.52. The summed E-state index contributed by atoms with van der Waals surface area (Å²) in [6, 6.07) is 10.2. The number of rotatable bonds is 2. The van der Waals surface area contributed by atoms with Gasteiger partial charge in [0.15, 0.2) is 5.82 Å². The molecular formula is C14H11BrFN5. The molecule has 7 heteroatoms. The molecule has 3 rings (SSSR count). The molecule has 0 saturated carbocycles. The number of benzene rings is 2. The lowest BCUT2D eigenvalue weighted by Crippen LogP contribution is -2.03. The lowest BCUT2D eigenvalue weighted by Gasteiger charge is -2.07. The van der Waals surface area contributed by atoms with Gasteiger partial charge < -0.3 is 5.73 Å². The van der Waals surface area contributed by atoms with Crippen molar-refractivity contribution >= 4 is 21.6 Å². The number of nitrogens with two attached hydrogens (primary N) is 1. The highest BCUT2D eigenvalue weighted by molar-refractivity contribution is 9.10. The Morgan fingerprint density at radius 2 is 2.00 bits per heavy atom. The molecule has 0 bridgehead atoms. The van der Waals surface area contributed by atoms with Crippen LogP contribution in [0, 0.1) is 12.7 Å². The molecule has 3 aromatic rings. The molecule has 2 N–H and O–H groups in total. The molecule has 0 fully saturated rings. The van der Waals surface area contributed by atoms with Crippen LogP contribution in [0.2, 0.25) is 0 Å². The minimum Gasteiger partial charge on any atom is -0.398 e. The zero-order chi connectivity index (χ0) is 15.0. The predicted octanol–water partition coefficient (Wildman–Crippen LogP) is 3.12. The maximum Gasteiger partial charge on any atom is 0.187 e. The molecule has 0 spiro atoms. The van der Waals surface area contributed by atoms with Gasteiger partial charge in [0.25, 0.3) is 0 Å². The molecule has 0 radical (unpaired) electrons. The van der Waals surface area contributed by atoms with Crippen molar-refractivity contribution in [1.82, 2.24) is 20.2 Å². The standard InChI is InChI=1S/C14H11BrFN5/c1-8-2-3-9(6-12(8)17)14-18-19-20-21(14)13-5-4-10(15)7-11(13)16/h2-7H,17H2,1H3. The van der Waals surface area contributed by atoms with E-state index in [1.54, 1.807) is 18.2 Å². The normalized spacial score (nSPS) is 10.8. The first kappa shape index (κ1) is 13.7. The SMILES string of the molecule is Cc1ccc(-c2nnnn2-c2ccc(Br)cc2F)cc1N. The van der Waals surface area contributed by atoms with Crippen LogP contribution in [0.4, 0.5) is 10.1 Å². The van der Waals surface area contributed by atoms with Crippen molar-refractivity contribution in [3.8, 4) is 17.1 Å². The molecule has 0 unspecified atom stereocenters. The summed E-state index contributed by atoms with van der Waals surface area (Å²) in [6.45, 7) is 1.91. The molecule has 5 nitrogen and oxygen atoms in total. The second-order valence-electron chi connectivity index (χ2n) is 4.58. The van der Waals surface area contributed by atoms with Gasteiger partial charge in [-0.25, -0.2) is 4.39 Å². The van der Waals surface area contributed by atoms with Gasteiger partial charge in [0.05, 0.1) is 0 Å². The molecule has 0 aliphatic carbocycles. The number of nitrogen functional groups attached to an aromatic ring is 1. The number of halogens is 2. The van der Waals surface area contributed by atoms with Crippen molar-refractivity contribution in [1.29, 1.82) is 0 Å². The van der Waals surface area contributed by atoms with Gasteiger partial charge in [0.2, 0.25) is 0 Å². The van der Waals surface area contributed by atoms with Gasteiger partial charge in [-0.05, 0) is 47.2 Å². The van der Waals surface area contributed by atoms with Crippen LogP contribution < -0.4 is 5.73 Å². The van der Waals surface area contributed by atoms with Crippen LogP contribution >= 0.6 is 15.9 Å². The topological polar surface area (TPSA) is 69.6 Å². The Morgan fingerprint density at radius 3 is 2.71 bits per heavy atom. The first-order valence-corrected chi connectivity index (χ1v) is 6.96.